The lowest BCUT2D eigenvalue weighted by Crippen LogP contribution is -2.28. The van der Waals surface area contributed by atoms with Crippen molar-refractivity contribution in [1.82, 2.24) is 5.32 Å². The van der Waals surface area contributed by atoms with E-state index in [-0.39, 0.29) is 30.4 Å². The van der Waals surface area contributed by atoms with Crippen molar-refractivity contribution in [3.05, 3.63) is 59.2 Å². The maximum Gasteiger partial charge on any atom is 0.339 e. The Hall–Kier alpha value is -3.02. The molecular formula is C18H19NO5. The molecule has 0 spiro atoms. The minimum absolute atomic E-state index is 0.0559. The Morgan fingerprint density at radius 3 is 2.54 bits per heavy atom. The Bertz CT molecular complexity index is 742. The highest BCUT2D eigenvalue weighted by Gasteiger charge is 2.12. The molecular weight excluding hydrogens is 310 g/mol. The molecule has 2 aromatic carbocycles. The lowest BCUT2D eigenvalue weighted by atomic mass is 10.1. The summed E-state index contributed by atoms with van der Waals surface area (Å²) in [4.78, 5) is 23.0. The molecule has 2 aromatic rings. The summed E-state index contributed by atoms with van der Waals surface area (Å²) < 4.78 is 10.5. The molecule has 2 rings (SSSR count). The number of carboxylic acid groups (broad SMARTS) is 1. The third-order valence-electron chi connectivity index (χ3n) is 3.44. The van der Waals surface area contributed by atoms with Crippen LogP contribution in [0.5, 0.6) is 11.5 Å². The SMILES string of the molecule is COc1ccc(CNC(=O)COc2ccccc2C)cc1C(=O)O. The number of carbonyl (C=O) groups excluding carboxylic acids is 1. The largest absolute Gasteiger partial charge is 0.496 e. The summed E-state index contributed by atoms with van der Waals surface area (Å²) in [5.41, 5.74) is 1.67. The topological polar surface area (TPSA) is 84.9 Å². The number of hydrogen-bond donors (Lipinski definition) is 2. The summed E-state index contributed by atoms with van der Waals surface area (Å²) >= 11 is 0. The standard InChI is InChI=1S/C18H19NO5/c1-12-5-3-4-6-15(12)24-11-17(20)19-10-13-7-8-16(23-2)14(9-13)18(21)22/h3-9H,10-11H2,1-2H3,(H,19,20)(H,21,22). The normalized spacial score (nSPS) is 10.1. The fourth-order valence-corrected chi connectivity index (χ4v) is 2.15. The fraction of sp³-hybridized carbons (Fsp3) is 0.222. The highest BCUT2D eigenvalue weighted by molar-refractivity contribution is 5.91. The van der Waals surface area contributed by atoms with E-state index in [2.05, 4.69) is 5.32 Å². The van der Waals surface area contributed by atoms with E-state index in [1.54, 1.807) is 18.2 Å². The molecule has 0 saturated carbocycles. The van der Waals surface area contributed by atoms with Crippen molar-refractivity contribution in [2.24, 2.45) is 0 Å². The summed E-state index contributed by atoms with van der Waals surface area (Å²) in [6.45, 7) is 2.01. The van der Waals surface area contributed by atoms with Crippen LogP contribution < -0.4 is 14.8 Å². The van der Waals surface area contributed by atoms with Crippen LogP contribution >= 0.6 is 0 Å². The summed E-state index contributed by atoms with van der Waals surface area (Å²) in [5.74, 6) is -0.431. The molecule has 1 amide bonds. The molecule has 0 radical (unpaired) electrons. The summed E-state index contributed by atoms with van der Waals surface area (Å²) in [6, 6.07) is 12.2. The lowest BCUT2D eigenvalue weighted by molar-refractivity contribution is -0.123. The Kier molecular flexibility index (Phi) is 5.78. The number of hydrogen-bond acceptors (Lipinski definition) is 4. The number of aromatic carboxylic acids is 1. The predicted octanol–water partition coefficient (Wildman–Crippen LogP) is 2.40. The van der Waals surface area contributed by atoms with Gasteiger partial charge in [0, 0.05) is 6.54 Å². The van der Waals surface area contributed by atoms with E-state index in [1.807, 2.05) is 25.1 Å². The van der Waals surface area contributed by atoms with Gasteiger partial charge < -0.3 is 19.9 Å². The van der Waals surface area contributed by atoms with Crippen molar-refractivity contribution in [2.75, 3.05) is 13.7 Å². The van der Waals surface area contributed by atoms with Crippen LogP contribution in [0.2, 0.25) is 0 Å². The van der Waals surface area contributed by atoms with Gasteiger partial charge in [-0.1, -0.05) is 24.3 Å². The Morgan fingerprint density at radius 2 is 1.88 bits per heavy atom. The highest BCUT2D eigenvalue weighted by atomic mass is 16.5. The molecule has 0 atom stereocenters. The number of carboxylic acids is 1. The van der Waals surface area contributed by atoms with E-state index in [0.717, 1.165) is 5.56 Å². The summed E-state index contributed by atoms with van der Waals surface area (Å²) in [6.07, 6.45) is 0. The maximum atomic E-state index is 11.9. The number of nitrogens with one attached hydrogen (secondary N) is 1. The molecule has 0 aliphatic heterocycles. The Balaban J connectivity index is 1.91. The van der Waals surface area contributed by atoms with Crippen molar-refractivity contribution < 1.29 is 24.2 Å². The van der Waals surface area contributed by atoms with Crippen LogP contribution in [0, 0.1) is 6.92 Å². The summed E-state index contributed by atoms with van der Waals surface area (Å²) in [7, 11) is 1.41. The van der Waals surface area contributed by atoms with Gasteiger partial charge in [0.25, 0.3) is 5.91 Å². The first-order valence-electron chi connectivity index (χ1n) is 7.36. The van der Waals surface area contributed by atoms with Crippen molar-refractivity contribution in [1.29, 1.82) is 0 Å². The number of amides is 1. The van der Waals surface area contributed by atoms with Crippen LogP contribution in [0.1, 0.15) is 21.5 Å². The van der Waals surface area contributed by atoms with Crippen LogP contribution in [0.25, 0.3) is 0 Å². The molecule has 24 heavy (non-hydrogen) atoms. The van der Waals surface area contributed by atoms with Crippen molar-refractivity contribution in [2.45, 2.75) is 13.5 Å². The van der Waals surface area contributed by atoms with Gasteiger partial charge in [0.15, 0.2) is 6.61 Å². The molecule has 0 aromatic heterocycles. The first kappa shape index (κ1) is 17.3. The van der Waals surface area contributed by atoms with Gasteiger partial charge in [-0.2, -0.15) is 0 Å². The first-order chi connectivity index (χ1) is 11.5. The molecule has 0 aliphatic rings. The van der Waals surface area contributed by atoms with Crippen LogP contribution in [0.3, 0.4) is 0 Å². The monoisotopic (exact) mass is 329 g/mol. The molecule has 0 saturated heterocycles. The van der Waals surface area contributed by atoms with Crippen molar-refractivity contribution in [3.8, 4) is 11.5 Å². The Labute approximate surface area is 140 Å². The average Bonchev–Trinajstić information content (AvgIpc) is 2.59. The van der Waals surface area contributed by atoms with Gasteiger partial charge >= 0.3 is 5.97 Å². The quantitative estimate of drug-likeness (QED) is 0.815. The van der Waals surface area contributed by atoms with Crippen LogP contribution in [0.15, 0.2) is 42.5 Å². The number of ether oxygens (including phenoxy) is 2. The third kappa shape index (κ3) is 4.49. The second kappa shape index (κ2) is 8.01. The Morgan fingerprint density at radius 1 is 1.12 bits per heavy atom. The number of carbonyl (C=O) groups is 2. The third-order valence-corrected chi connectivity index (χ3v) is 3.44. The predicted molar refractivity (Wildman–Crippen MR) is 88.5 cm³/mol. The molecule has 6 heteroatoms. The molecule has 0 fully saturated rings. The van der Waals surface area contributed by atoms with Crippen LogP contribution in [0.4, 0.5) is 0 Å². The molecule has 126 valence electrons. The number of benzene rings is 2. The molecule has 0 bridgehead atoms. The van der Waals surface area contributed by atoms with E-state index in [9.17, 15) is 9.59 Å². The number of methoxy groups -OCH3 is 1. The minimum atomic E-state index is -1.08. The number of aryl methyl sites for hydroxylation is 1. The van der Waals surface area contributed by atoms with Gasteiger partial charge in [0.2, 0.25) is 0 Å². The zero-order chi connectivity index (χ0) is 17.5. The fourth-order valence-electron chi connectivity index (χ4n) is 2.15. The zero-order valence-electron chi connectivity index (χ0n) is 13.5. The van der Waals surface area contributed by atoms with Crippen molar-refractivity contribution >= 4 is 11.9 Å². The van der Waals surface area contributed by atoms with E-state index < -0.39 is 5.97 Å². The second-order valence-corrected chi connectivity index (χ2v) is 5.17. The van der Waals surface area contributed by atoms with Gasteiger partial charge in [-0.3, -0.25) is 4.79 Å². The minimum Gasteiger partial charge on any atom is -0.496 e. The lowest BCUT2D eigenvalue weighted by Gasteiger charge is -2.10. The molecule has 2 N–H and O–H groups in total. The average molecular weight is 329 g/mol. The molecule has 6 nitrogen and oxygen atoms in total. The van der Waals surface area contributed by atoms with Gasteiger partial charge in [0.05, 0.1) is 7.11 Å². The maximum absolute atomic E-state index is 11.9. The van der Waals surface area contributed by atoms with E-state index >= 15 is 0 Å². The number of para-hydroxylation sites is 1. The smallest absolute Gasteiger partial charge is 0.339 e. The molecule has 0 unspecified atom stereocenters. The van der Waals surface area contributed by atoms with Gasteiger partial charge in [-0.25, -0.2) is 4.79 Å². The van der Waals surface area contributed by atoms with Gasteiger partial charge in [0.1, 0.15) is 17.1 Å². The van der Waals surface area contributed by atoms with E-state index in [0.29, 0.717) is 11.3 Å². The number of rotatable bonds is 7. The van der Waals surface area contributed by atoms with E-state index in [4.69, 9.17) is 14.6 Å². The summed E-state index contributed by atoms with van der Waals surface area (Å²) in [5, 5.41) is 11.8. The van der Waals surface area contributed by atoms with Gasteiger partial charge in [-0.05, 0) is 36.2 Å². The van der Waals surface area contributed by atoms with Crippen molar-refractivity contribution in [3.63, 3.8) is 0 Å². The second-order valence-electron chi connectivity index (χ2n) is 5.17. The van der Waals surface area contributed by atoms with Gasteiger partial charge in [-0.15, -0.1) is 0 Å². The zero-order valence-corrected chi connectivity index (χ0v) is 13.5. The first-order valence-corrected chi connectivity index (χ1v) is 7.36. The molecule has 0 heterocycles. The van der Waals surface area contributed by atoms with E-state index in [1.165, 1.54) is 13.2 Å². The van der Waals surface area contributed by atoms with Crippen LogP contribution in [-0.4, -0.2) is 30.7 Å². The molecule has 0 aliphatic carbocycles. The van der Waals surface area contributed by atoms with Crippen LogP contribution in [-0.2, 0) is 11.3 Å². The highest BCUT2D eigenvalue weighted by Crippen LogP contribution is 2.20.